The Hall–Kier alpha value is -3.40. The number of benzene rings is 1. The summed E-state index contributed by atoms with van der Waals surface area (Å²) in [7, 11) is 8.11. The Morgan fingerprint density at radius 2 is 1.51 bits per heavy atom. The maximum absolute atomic E-state index is 14.5. The van der Waals surface area contributed by atoms with E-state index in [0.717, 1.165) is 0 Å². The molecular formula is C49H77NO17. The van der Waals surface area contributed by atoms with E-state index in [0.29, 0.717) is 34.4 Å². The van der Waals surface area contributed by atoms with Crippen molar-refractivity contribution in [2.24, 2.45) is 17.8 Å². The zero-order valence-electron chi connectivity index (χ0n) is 41.9. The average molecular weight is 952 g/mol. The number of ether oxygens (including phenoxy) is 9. The summed E-state index contributed by atoms with van der Waals surface area (Å²) in [5.41, 5.74) is -4.65. The summed E-state index contributed by atoms with van der Waals surface area (Å²) in [5.74, 6) is -2.93. The molecule has 0 spiro atoms. The molecule has 0 saturated carbocycles. The van der Waals surface area contributed by atoms with Gasteiger partial charge in [0, 0.05) is 60.9 Å². The highest BCUT2D eigenvalue weighted by atomic mass is 16.7. The van der Waals surface area contributed by atoms with Crippen LogP contribution in [-0.4, -0.2) is 156 Å². The van der Waals surface area contributed by atoms with Crippen molar-refractivity contribution in [3.8, 4) is 11.5 Å². The Kier molecular flexibility index (Phi) is 17.7. The number of fused-ring (bicyclic) bond motifs is 1. The highest BCUT2D eigenvalue weighted by molar-refractivity contribution is 5.84. The third-order valence-electron chi connectivity index (χ3n) is 14.3. The normalized spacial score (nSPS) is 39.5. The molecule has 5 rings (SSSR count). The number of methoxy groups -OCH3 is 3. The number of hydrogen-bond acceptors (Lipinski definition) is 18. The number of esters is 1. The number of aliphatic hydroxyl groups excluding tert-OH is 3. The first-order valence-electron chi connectivity index (χ1n) is 23.3. The topological polar surface area (TPSA) is 235 Å². The molecule has 0 amide bonds. The van der Waals surface area contributed by atoms with Crippen LogP contribution in [0.2, 0.25) is 0 Å². The predicted octanol–water partition coefficient (Wildman–Crippen LogP) is 4.19. The van der Waals surface area contributed by atoms with Crippen molar-refractivity contribution in [1.82, 2.24) is 4.90 Å². The zero-order valence-corrected chi connectivity index (χ0v) is 41.9. The number of carbonyl (C=O) groups excluding carboxylic acids is 1. The van der Waals surface area contributed by atoms with Crippen LogP contribution in [-0.2, 0) is 44.6 Å². The van der Waals surface area contributed by atoms with Crippen LogP contribution in [0.5, 0.6) is 11.5 Å². The standard InChI is InChI=1S/C49H77NO17/c1-16-36-49(10,57)42(53)26(4)40(61-23-30-18-37(51)64-33-20-35(59-14)34(58-13)19-31(30)33)24(2)21-47(8,56)44(67-46-39(52)32(50(11)12)17-25(3)62-46)27(5)41(28(6)45(55)65-36)66-38-22-48(9,60-15)43(54)29(7)63-38/h18-20,25-29,32,36,38-39,41-44,46,52-54,56-57H,16-17,21-23H2,1-15H3/t25-,26+,27+,28-,29+,32+,36-,38?,39-,41+,42-,43+,44-,46?,47-,48-,49-/m1/s1. The van der Waals surface area contributed by atoms with E-state index in [1.165, 1.54) is 40.4 Å². The van der Waals surface area contributed by atoms with Crippen LogP contribution in [0.15, 0.2) is 38.7 Å². The lowest BCUT2D eigenvalue weighted by molar-refractivity contribution is -0.317. The summed E-state index contributed by atoms with van der Waals surface area (Å²) < 4.78 is 61.1. The second-order valence-electron chi connectivity index (χ2n) is 19.9. The van der Waals surface area contributed by atoms with Crippen LogP contribution in [0.3, 0.4) is 0 Å². The van der Waals surface area contributed by atoms with E-state index in [4.69, 9.17) is 47.0 Å². The highest BCUT2D eigenvalue weighted by Gasteiger charge is 2.53. The average Bonchev–Trinajstić information content (AvgIpc) is 3.26. The molecule has 380 valence electrons. The Bertz CT molecular complexity index is 2090. The largest absolute Gasteiger partial charge is 0.493 e. The maximum atomic E-state index is 14.5. The van der Waals surface area contributed by atoms with Gasteiger partial charge in [0.15, 0.2) is 24.1 Å². The van der Waals surface area contributed by atoms with Crippen LogP contribution < -0.4 is 15.1 Å². The molecule has 67 heavy (non-hydrogen) atoms. The van der Waals surface area contributed by atoms with E-state index in [-0.39, 0.29) is 49.4 Å². The zero-order chi connectivity index (χ0) is 50.1. The number of carbonyl (C=O) groups is 1. The van der Waals surface area contributed by atoms with Gasteiger partial charge in [-0.3, -0.25) is 4.79 Å². The molecule has 2 unspecified atom stereocenters. The molecule has 4 heterocycles. The van der Waals surface area contributed by atoms with Crippen LogP contribution in [0.4, 0.5) is 0 Å². The number of aliphatic hydroxyl groups is 5. The maximum Gasteiger partial charge on any atom is 0.336 e. The molecule has 2 fully saturated rings. The van der Waals surface area contributed by atoms with Gasteiger partial charge in [0.1, 0.15) is 41.9 Å². The quantitative estimate of drug-likeness (QED) is 0.148. The molecule has 0 bridgehead atoms. The molecule has 2 saturated heterocycles. The highest BCUT2D eigenvalue weighted by Crippen LogP contribution is 2.42. The summed E-state index contributed by atoms with van der Waals surface area (Å²) in [5, 5.41) is 60.8. The minimum absolute atomic E-state index is 0.0618. The molecule has 0 radical (unpaired) electrons. The van der Waals surface area contributed by atoms with Gasteiger partial charge in [-0.2, -0.15) is 0 Å². The van der Waals surface area contributed by atoms with Gasteiger partial charge in [0.25, 0.3) is 0 Å². The lowest BCUT2D eigenvalue weighted by atomic mass is 9.77. The van der Waals surface area contributed by atoms with Crippen molar-refractivity contribution in [2.75, 3.05) is 35.4 Å². The van der Waals surface area contributed by atoms with Gasteiger partial charge in [-0.05, 0) is 87.0 Å². The second-order valence-corrected chi connectivity index (χ2v) is 19.9. The molecule has 18 heteroatoms. The van der Waals surface area contributed by atoms with Gasteiger partial charge in [-0.1, -0.05) is 20.8 Å². The molecule has 1 aromatic heterocycles. The van der Waals surface area contributed by atoms with Crippen LogP contribution in [0.25, 0.3) is 11.0 Å². The fraction of sp³-hybridized carbons (Fsp3) is 0.755. The third-order valence-corrected chi connectivity index (χ3v) is 14.3. The van der Waals surface area contributed by atoms with E-state index >= 15 is 0 Å². The molecule has 5 N–H and O–H groups in total. The Morgan fingerprint density at radius 3 is 2.10 bits per heavy atom. The number of likely N-dealkylation sites (N-methyl/N-ethyl adjacent to an activating group) is 1. The van der Waals surface area contributed by atoms with Gasteiger partial charge in [0.2, 0.25) is 0 Å². The lowest BCUT2D eigenvalue weighted by Gasteiger charge is -2.49. The Balaban J connectivity index is 1.69. The summed E-state index contributed by atoms with van der Waals surface area (Å²) in [4.78, 5) is 29.3. The van der Waals surface area contributed by atoms with Crippen molar-refractivity contribution in [1.29, 1.82) is 0 Å². The molecule has 0 aliphatic carbocycles. The molecular weight excluding hydrogens is 875 g/mol. The molecule has 3 aliphatic rings. The van der Waals surface area contributed by atoms with E-state index in [9.17, 15) is 35.1 Å². The molecule has 2 aromatic rings. The van der Waals surface area contributed by atoms with Crippen molar-refractivity contribution < 1.29 is 77.4 Å². The summed E-state index contributed by atoms with van der Waals surface area (Å²) in [6.45, 7) is 16.4. The summed E-state index contributed by atoms with van der Waals surface area (Å²) in [6.07, 6.45) is -10.3. The fourth-order valence-electron chi connectivity index (χ4n) is 10.3. The Morgan fingerprint density at radius 1 is 0.866 bits per heavy atom. The van der Waals surface area contributed by atoms with E-state index < -0.39 is 101 Å². The first kappa shape index (κ1) is 54.5. The van der Waals surface area contributed by atoms with Crippen LogP contribution in [0, 0.1) is 17.8 Å². The van der Waals surface area contributed by atoms with Gasteiger partial charge >= 0.3 is 11.6 Å². The smallest absolute Gasteiger partial charge is 0.336 e. The predicted molar refractivity (Wildman–Crippen MR) is 245 cm³/mol. The van der Waals surface area contributed by atoms with Crippen LogP contribution in [0.1, 0.15) is 100 Å². The minimum atomic E-state index is -2.06. The monoisotopic (exact) mass is 952 g/mol. The molecule has 17 atom stereocenters. The van der Waals surface area contributed by atoms with Gasteiger partial charge in [-0.25, -0.2) is 4.79 Å². The van der Waals surface area contributed by atoms with E-state index in [1.807, 2.05) is 25.9 Å². The second kappa shape index (κ2) is 21.7. The number of hydrogen-bond donors (Lipinski definition) is 5. The molecule has 1 aromatic carbocycles. The number of nitrogens with zero attached hydrogens (tertiary/aromatic N) is 1. The van der Waals surface area contributed by atoms with Crippen molar-refractivity contribution in [3.05, 3.63) is 45.5 Å². The van der Waals surface area contributed by atoms with Crippen molar-refractivity contribution in [2.45, 2.75) is 186 Å². The number of rotatable bonds is 12. The molecule has 18 nitrogen and oxygen atoms in total. The van der Waals surface area contributed by atoms with Gasteiger partial charge < -0.3 is 77.5 Å². The summed E-state index contributed by atoms with van der Waals surface area (Å²) in [6, 6.07) is 4.10. The fourth-order valence-corrected chi connectivity index (χ4v) is 10.3. The van der Waals surface area contributed by atoms with E-state index in [2.05, 4.69) is 0 Å². The van der Waals surface area contributed by atoms with Gasteiger partial charge in [-0.15, -0.1) is 0 Å². The molecule has 3 aliphatic heterocycles. The van der Waals surface area contributed by atoms with Crippen LogP contribution >= 0.6 is 0 Å². The Labute approximate surface area is 394 Å². The first-order chi connectivity index (χ1) is 31.2. The minimum Gasteiger partial charge on any atom is -0.493 e. The van der Waals surface area contributed by atoms with Crippen molar-refractivity contribution in [3.63, 3.8) is 0 Å². The summed E-state index contributed by atoms with van der Waals surface area (Å²) >= 11 is 0. The third kappa shape index (κ3) is 11.6. The lowest BCUT2D eigenvalue weighted by Crippen LogP contribution is -2.60. The SMILES string of the molecule is CC[C@H]1OC(=O)[C@H](C)[C@@H](OC2C[C@@](C)(OC)[C@@H](O)[C@H](C)O2)[C@H](C)[C@@H](OC2O[C@H](C)C[C@H](N(C)C)[C@H]2O)[C@](C)(O)CC(C)=C(OCc2cc(=O)oc3cc(OC)c(OC)cc23)[C@H](C)[C@@H](O)[C@]1(C)O. The van der Waals surface area contributed by atoms with Gasteiger partial charge in [0.05, 0.1) is 61.9 Å². The van der Waals surface area contributed by atoms with Crippen molar-refractivity contribution >= 4 is 16.9 Å². The van der Waals surface area contributed by atoms with E-state index in [1.54, 1.807) is 61.5 Å². The first-order valence-corrected chi connectivity index (χ1v) is 23.3. The number of cyclic esters (lactones) is 1.